The average Bonchev–Trinajstić information content (AvgIpc) is 2.66. The number of thiazole rings is 1. The Kier molecular flexibility index (Phi) is 2.64. The van der Waals surface area contributed by atoms with Crippen LogP contribution in [0.2, 0.25) is 0 Å². The van der Waals surface area contributed by atoms with Crippen molar-refractivity contribution in [2.45, 2.75) is 13.8 Å². The number of ether oxygens (including phenoxy) is 1. The van der Waals surface area contributed by atoms with Gasteiger partial charge in [0, 0.05) is 12.3 Å². The maximum Gasteiger partial charge on any atom is 0.313 e. The van der Waals surface area contributed by atoms with E-state index in [0.717, 1.165) is 4.83 Å². The van der Waals surface area contributed by atoms with E-state index in [0.29, 0.717) is 11.3 Å². The van der Waals surface area contributed by atoms with Crippen LogP contribution in [0.25, 0.3) is 10.3 Å². The van der Waals surface area contributed by atoms with Crippen molar-refractivity contribution >= 4 is 27.7 Å². The number of hydrogen-bond donors (Lipinski definition) is 0. The molecule has 0 N–H and O–H groups in total. The van der Waals surface area contributed by atoms with Gasteiger partial charge in [-0.2, -0.15) is 0 Å². The van der Waals surface area contributed by atoms with Gasteiger partial charge in [0.15, 0.2) is 5.75 Å². The number of fused-ring (bicyclic) bond motifs is 1. The Balaban J connectivity index is 2.35. The Hall–Kier alpha value is -1.49. The highest BCUT2D eigenvalue weighted by Crippen LogP contribution is 2.25. The Labute approximate surface area is 90.9 Å². The van der Waals surface area contributed by atoms with E-state index in [9.17, 15) is 4.79 Å². The summed E-state index contributed by atoms with van der Waals surface area (Å²) < 4.78 is 5.21. The van der Waals surface area contributed by atoms with Crippen LogP contribution in [0.4, 0.5) is 0 Å². The van der Waals surface area contributed by atoms with Crippen LogP contribution in [0.3, 0.4) is 0 Å². The third kappa shape index (κ3) is 1.97. The van der Waals surface area contributed by atoms with E-state index in [2.05, 4.69) is 9.97 Å². The molecule has 0 amide bonds. The van der Waals surface area contributed by atoms with Crippen LogP contribution < -0.4 is 4.74 Å². The second-order valence-electron chi connectivity index (χ2n) is 3.39. The Bertz CT molecular complexity index is 493. The monoisotopic (exact) mass is 222 g/mol. The standard InChI is InChI=1S/C10H10N2O2S/c1-6(2)10(13)14-7-3-4-11-9-8(7)12-5-15-9/h3-6H,1-2H3. The van der Waals surface area contributed by atoms with Gasteiger partial charge in [-0.1, -0.05) is 13.8 Å². The maximum atomic E-state index is 11.4. The van der Waals surface area contributed by atoms with Crippen molar-refractivity contribution in [2.75, 3.05) is 0 Å². The van der Waals surface area contributed by atoms with Crippen molar-refractivity contribution in [1.82, 2.24) is 9.97 Å². The molecule has 0 atom stereocenters. The number of esters is 1. The van der Waals surface area contributed by atoms with Gasteiger partial charge in [0.05, 0.1) is 11.4 Å². The zero-order chi connectivity index (χ0) is 10.8. The van der Waals surface area contributed by atoms with Crippen LogP contribution >= 0.6 is 11.3 Å². The lowest BCUT2D eigenvalue weighted by Crippen LogP contribution is -2.14. The number of hydrogen-bond acceptors (Lipinski definition) is 5. The molecular weight excluding hydrogens is 212 g/mol. The predicted molar refractivity (Wildman–Crippen MR) is 57.9 cm³/mol. The molecule has 2 heterocycles. The molecule has 0 spiro atoms. The Morgan fingerprint density at radius 2 is 2.27 bits per heavy atom. The number of nitrogens with zero attached hydrogens (tertiary/aromatic N) is 2. The first-order valence-electron chi connectivity index (χ1n) is 4.58. The Morgan fingerprint density at radius 3 is 3.00 bits per heavy atom. The topological polar surface area (TPSA) is 52.1 Å². The summed E-state index contributed by atoms with van der Waals surface area (Å²) in [5.41, 5.74) is 2.33. The minimum Gasteiger partial charge on any atom is -0.424 e. The summed E-state index contributed by atoms with van der Waals surface area (Å²) in [6.45, 7) is 3.59. The quantitative estimate of drug-likeness (QED) is 0.731. The molecule has 15 heavy (non-hydrogen) atoms. The normalized spacial score (nSPS) is 10.9. The van der Waals surface area contributed by atoms with Crippen molar-refractivity contribution < 1.29 is 9.53 Å². The van der Waals surface area contributed by atoms with Gasteiger partial charge in [0.1, 0.15) is 10.3 Å². The minimum absolute atomic E-state index is 0.146. The van der Waals surface area contributed by atoms with Gasteiger partial charge in [0.25, 0.3) is 0 Å². The molecule has 0 aliphatic heterocycles. The van der Waals surface area contributed by atoms with Crippen molar-refractivity contribution in [2.24, 2.45) is 5.92 Å². The van der Waals surface area contributed by atoms with Gasteiger partial charge in [-0.3, -0.25) is 4.79 Å². The average molecular weight is 222 g/mol. The van der Waals surface area contributed by atoms with Crippen molar-refractivity contribution in [3.63, 3.8) is 0 Å². The van der Waals surface area contributed by atoms with Gasteiger partial charge in [0.2, 0.25) is 0 Å². The lowest BCUT2D eigenvalue weighted by Gasteiger charge is -2.06. The highest BCUT2D eigenvalue weighted by Gasteiger charge is 2.13. The number of aromatic nitrogens is 2. The lowest BCUT2D eigenvalue weighted by atomic mass is 10.2. The Morgan fingerprint density at radius 1 is 1.47 bits per heavy atom. The van der Waals surface area contributed by atoms with E-state index in [4.69, 9.17) is 4.74 Å². The van der Waals surface area contributed by atoms with Crippen molar-refractivity contribution in [1.29, 1.82) is 0 Å². The molecule has 0 unspecified atom stereocenters. The smallest absolute Gasteiger partial charge is 0.313 e. The summed E-state index contributed by atoms with van der Waals surface area (Å²) >= 11 is 1.42. The van der Waals surface area contributed by atoms with Gasteiger partial charge in [-0.25, -0.2) is 9.97 Å². The molecule has 0 aromatic carbocycles. The maximum absolute atomic E-state index is 11.4. The first kappa shape index (κ1) is 10.0. The van der Waals surface area contributed by atoms with E-state index in [1.165, 1.54) is 11.3 Å². The van der Waals surface area contributed by atoms with Crippen LogP contribution in [0, 0.1) is 5.92 Å². The van der Waals surface area contributed by atoms with Gasteiger partial charge in [-0.15, -0.1) is 11.3 Å². The summed E-state index contributed by atoms with van der Waals surface area (Å²) in [5.74, 6) is 0.0855. The second-order valence-corrected chi connectivity index (χ2v) is 4.22. The molecule has 2 aromatic heterocycles. The first-order valence-corrected chi connectivity index (χ1v) is 5.46. The molecule has 78 valence electrons. The van der Waals surface area contributed by atoms with E-state index >= 15 is 0 Å². The largest absolute Gasteiger partial charge is 0.424 e. The van der Waals surface area contributed by atoms with Crippen molar-refractivity contribution in [3.05, 3.63) is 17.8 Å². The molecule has 0 aliphatic rings. The minimum atomic E-state index is -0.254. The molecule has 4 nitrogen and oxygen atoms in total. The van der Waals surface area contributed by atoms with Crippen LogP contribution in [0.1, 0.15) is 13.8 Å². The summed E-state index contributed by atoms with van der Waals surface area (Å²) in [7, 11) is 0. The van der Waals surface area contributed by atoms with E-state index < -0.39 is 0 Å². The number of carbonyl (C=O) groups excluding carboxylic acids is 1. The molecular formula is C10H10N2O2S. The third-order valence-corrected chi connectivity index (χ3v) is 2.61. The zero-order valence-corrected chi connectivity index (χ0v) is 9.25. The molecule has 0 bridgehead atoms. The van der Waals surface area contributed by atoms with E-state index in [-0.39, 0.29) is 11.9 Å². The highest BCUT2D eigenvalue weighted by molar-refractivity contribution is 7.16. The summed E-state index contributed by atoms with van der Waals surface area (Å²) in [6.07, 6.45) is 1.61. The number of pyridine rings is 1. The molecule has 0 fully saturated rings. The molecule has 0 aliphatic carbocycles. The summed E-state index contributed by atoms with van der Waals surface area (Å²) in [6, 6.07) is 1.66. The molecule has 0 saturated heterocycles. The van der Waals surface area contributed by atoms with E-state index in [1.807, 2.05) is 0 Å². The fourth-order valence-electron chi connectivity index (χ4n) is 1.06. The third-order valence-electron chi connectivity index (χ3n) is 1.88. The SMILES string of the molecule is CC(C)C(=O)Oc1ccnc2scnc12. The summed E-state index contributed by atoms with van der Waals surface area (Å²) in [5, 5.41) is 0. The molecule has 5 heteroatoms. The van der Waals surface area contributed by atoms with Gasteiger partial charge in [-0.05, 0) is 0 Å². The fourth-order valence-corrected chi connectivity index (χ4v) is 1.71. The predicted octanol–water partition coefficient (Wildman–Crippen LogP) is 2.25. The number of rotatable bonds is 2. The second kappa shape index (κ2) is 3.94. The number of carbonyl (C=O) groups is 1. The van der Waals surface area contributed by atoms with Crippen molar-refractivity contribution in [3.8, 4) is 5.75 Å². The van der Waals surface area contributed by atoms with Gasteiger partial charge < -0.3 is 4.74 Å². The van der Waals surface area contributed by atoms with Crippen LogP contribution in [0.5, 0.6) is 5.75 Å². The van der Waals surface area contributed by atoms with Crippen LogP contribution in [-0.2, 0) is 4.79 Å². The first-order chi connectivity index (χ1) is 7.18. The lowest BCUT2D eigenvalue weighted by molar-refractivity contribution is -0.137. The molecule has 2 aromatic rings. The molecule has 0 saturated carbocycles. The van der Waals surface area contributed by atoms with Crippen LogP contribution in [0.15, 0.2) is 17.8 Å². The molecule has 0 radical (unpaired) electrons. The van der Waals surface area contributed by atoms with Crippen LogP contribution in [-0.4, -0.2) is 15.9 Å². The van der Waals surface area contributed by atoms with E-state index in [1.54, 1.807) is 31.6 Å². The fraction of sp³-hybridized carbons (Fsp3) is 0.300. The molecule has 2 rings (SSSR count). The summed E-state index contributed by atoms with van der Waals surface area (Å²) in [4.78, 5) is 20.4. The zero-order valence-electron chi connectivity index (χ0n) is 8.43. The highest BCUT2D eigenvalue weighted by atomic mass is 32.1. The van der Waals surface area contributed by atoms with Gasteiger partial charge >= 0.3 is 5.97 Å².